The molecule has 8 heteroatoms. The van der Waals surface area contributed by atoms with Crippen LogP contribution in [0.1, 0.15) is 12.5 Å². The van der Waals surface area contributed by atoms with Gasteiger partial charge in [-0.2, -0.15) is 0 Å². The lowest BCUT2D eigenvalue weighted by Crippen LogP contribution is -2.49. The van der Waals surface area contributed by atoms with Crippen LogP contribution in [0.25, 0.3) is 17.2 Å². The first-order chi connectivity index (χ1) is 13.9. The number of nitro benzene ring substituents is 1. The van der Waals surface area contributed by atoms with E-state index in [9.17, 15) is 19.7 Å². The fraction of sp³-hybridized carbons (Fsp3) is 0.238. The predicted molar refractivity (Wildman–Crippen MR) is 111 cm³/mol. The Kier molecular flexibility index (Phi) is 6.29. The molecule has 1 saturated heterocycles. The summed E-state index contributed by atoms with van der Waals surface area (Å²) >= 11 is 6.28. The average Bonchev–Trinajstić information content (AvgIpc) is 2.72. The number of halogens is 1. The molecule has 0 spiro atoms. The van der Waals surface area contributed by atoms with Crippen molar-refractivity contribution in [2.75, 3.05) is 26.2 Å². The summed E-state index contributed by atoms with van der Waals surface area (Å²) in [5, 5.41) is 12.0. The van der Waals surface area contributed by atoms with Crippen molar-refractivity contribution in [3.05, 3.63) is 69.2 Å². The molecule has 0 aromatic heterocycles. The van der Waals surface area contributed by atoms with E-state index >= 15 is 0 Å². The molecule has 1 aliphatic rings. The van der Waals surface area contributed by atoms with Crippen LogP contribution in [0.15, 0.2) is 48.5 Å². The number of carbonyl (C=O) groups excluding carboxylic acids is 2. The molecule has 1 heterocycles. The van der Waals surface area contributed by atoms with E-state index < -0.39 is 4.92 Å². The van der Waals surface area contributed by atoms with Crippen molar-refractivity contribution < 1.29 is 14.5 Å². The first-order valence-electron chi connectivity index (χ1n) is 9.13. The second-order valence-corrected chi connectivity index (χ2v) is 7.05. The van der Waals surface area contributed by atoms with Gasteiger partial charge in [-0.1, -0.05) is 41.9 Å². The van der Waals surface area contributed by atoms with Gasteiger partial charge in [0.15, 0.2) is 0 Å². The summed E-state index contributed by atoms with van der Waals surface area (Å²) in [6, 6.07) is 11.6. The Labute approximate surface area is 173 Å². The Hall–Kier alpha value is -3.19. The number of nitro groups is 1. The predicted octanol–water partition coefficient (Wildman–Crippen LogP) is 3.62. The van der Waals surface area contributed by atoms with Gasteiger partial charge in [-0.25, -0.2) is 0 Å². The zero-order valence-corrected chi connectivity index (χ0v) is 16.6. The number of piperazine rings is 1. The van der Waals surface area contributed by atoms with Gasteiger partial charge in [0.1, 0.15) is 0 Å². The van der Waals surface area contributed by atoms with E-state index in [-0.39, 0.29) is 17.5 Å². The van der Waals surface area contributed by atoms with E-state index in [1.807, 2.05) is 0 Å². The minimum atomic E-state index is -0.460. The van der Waals surface area contributed by atoms with Crippen LogP contribution >= 0.6 is 11.6 Å². The highest BCUT2D eigenvalue weighted by Gasteiger charge is 2.22. The summed E-state index contributed by atoms with van der Waals surface area (Å²) in [7, 11) is 0. The van der Waals surface area contributed by atoms with Gasteiger partial charge < -0.3 is 9.80 Å². The topological polar surface area (TPSA) is 83.8 Å². The molecule has 0 N–H and O–H groups in total. The molecule has 2 aromatic carbocycles. The standard InChI is InChI=1S/C21H20ClN3O4/c1-15(26)23-11-13-24(14-12-23)20(27)10-9-16-5-4-8-19(25(28)29)21(16)17-6-2-3-7-18(17)22/h2-10H,11-14H2,1H3/b10-9+. The van der Waals surface area contributed by atoms with Crippen LogP contribution in [0.2, 0.25) is 5.02 Å². The zero-order valence-electron chi connectivity index (χ0n) is 15.9. The lowest BCUT2D eigenvalue weighted by Gasteiger charge is -2.33. The third-order valence-electron chi connectivity index (χ3n) is 4.86. The monoisotopic (exact) mass is 413 g/mol. The first-order valence-corrected chi connectivity index (χ1v) is 9.51. The van der Waals surface area contributed by atoms with Crippen molar-refractivity contribution in [3.8, 4) is 11.1 Å². The summed E-state index contributed by atoms with van der Waals surface area (Å²) in [6.45, 7) is 3.41. The van der Waals surface area contributed by atoms with Crippen LogP contribution in [0.4, 0.5) is 5.69 Å². The number of benzene rings is 2. The number of amides is 2. The smallest absolute Gasteiger partial charge is 0.277 e. The minimum absolute atomic E-state index is 0.00591. The van der Waals surface area contributed by atoms with Crippen molar-refractivity contribution >= 4 is 35.2 Å². The molecule has 150 valence electrons. The van der Waals surface area contributed by atoms with E-state index in [1.165, 1.54) is 19.1 Å². The van der Waals surface area contributed by atoms with E-state index in [0.29, 0.717) is 47.9 Å². The Bertz CT molecular complexity index is 982. The number of nitrogens with zero attached hydrogens (tertiary/aromatic N) is 3. The third kappa shape index (κ3) is 4.63. The molecule has 29 heavy (non-hydrogen) atoms. The number of hydrogen-bond donors (Lipinski definition) is 0. The molecule has 0 radical (unpaired) electrons. The highest BCUT2D eigenvalue weighted by molar-refractivity contribution is 6.33. The number of rotatable bonds is 4. The SMILES string of the molecule is CC(=O)N1CCN(C(=O)/C=C/c2cccc([N+](=O)[O-])c2-c2ccccc2Cl)CC1. The molecule has 1 fully saturated rings. The van der Waals surface area contributed by atoms with Crippen molar-refractivity contribution in [2.45, 2.75) is 6.92 Å². The lowest BCUT2D eigenvalue weighted by molar-refractivity contribution is -0.384. The second-order valence-electron chi connectivity index (χ2n) is 6.64. The maximum Gasteiger partial charge on any atom is 0.277 e. The van der Waals surface area contributed by atoms with Crippen molar-refractivity contribution in [2.24, 2.45) is 0 Å². The van der Waals surface area contributed by atoms with Crippen molar-refractivity contribution in [1.82, 2.24) is 9.80 Å². The Morgan fingerprint density at radius 1 is 1.03 bits per heavy atom. The maximum absolute atomic E-state index is 12.6. The van der Waals surface area contributed by atoms with Gasteiger partial charge in [0.2, 0.25) is 11.8 Å². The van der Waals surface area contributed by atoms with Gasteiger partial charge in [0, 0.05) is 55.8 Å². The normalized spacial score (nSPS) is 14.3. The van der Waals surface area contributed by atoms with Gasteiger partial charge in [-0.05, 0) is 17.7 Å². The minimum Gasteiger partial charge on any atom is -0.339 e. The highest BCUT2D eigenvalue weighted by atomic mass is 35.5. The first kappa shape index (κ1) is 20.5. The molecule has 0 atom stereocenters. The van der Waals surface area contributed by atoms with Crippen molar-refractivity contribution in [3.63, 3.8) is 0 Å². The second kappa shape index (κ2) is 8.87. The summed E-state index contributed by atoms with van der Waals surface area (Å²) in [5.74, 6) is -0.210. The fourth-order valence-electron chi connectivity index (χ4n) is 3.31. The van der Waals surface area contributed by atoms with E-state index in [2.05, 4.69) is 0 Å². The molecule has 0 saturated carbocycles. The molecular formula is C21H20ClN3O4. The molecule has 2 amide bonds. The van der Waals surface area contributed by atoms with Gasteiger partial charge >= 0.3 is 0 Å². The summed E-state index contributed by atoms with van der Waals surface area (Å²) in [5.41, 5.74) is 1.35. The quantitative estimate of drug-likeness (QED) is 0.435. The number of hydrogen-bond acceptors (Lipinski definition) is 4. The molecule has 3 rings (SSSR count). The van der Waals surface area contributed by atoms with E-state index in [0.717, 1.165) is 0 Å². The van der Waals surface area contributed by atoms with Gasteiger partial charge in [-0.15, -0.1) is 0 Å². The lowest BCUT2D eigenvalue weighted by atomic mass is 9.97. The van der Waals surface area contributed by atoms with E-state index in [1.54, 1.807) is 52.3 Å². The zero-order chi connectivity index (χ0) is 21.0. The van der Waals surface area contributed by atoms with Crippen molar-refractivity contribution in [1.29, 1.82) is 0 Å². The molecule has 0 bridgehead atoms. The van der Waals surface area contributed by atoms with Crippen LogP contribution in [0.5, 0.6) is 0 Å². The van der Waals surface area contributed by atoms with Crippen LogP contribution in [0, 0.1) is 10.1 Å². The molecule has 1 aliphatic heterocycles. The molecular weight excluding hydrogens is 394 g/mol. The van der Waals surface area contributed by atoms with Gasteiger partial charge in [-0.3, -0.25) is 19.7 Å². The molecule has 0 aliphatic carbocycles. The fourth-order valence-corrected chi connectivity index (χ4v) is 3.54. The molecule has 2 aromatic rings. The Morgan fingerprint density at radius 3 is 2.31 bits per heavy atom. The Morgan fingerprint density at radius 2 is 1.69 bits per heavy atom. The summed E-state index contributed by atoms with van der Waals surface area (Å²) in [6.07, 6.45) is 2.98. The molecule has 7 nitrogen and oxygen atoms in total. The third-order valence-corrected chi connectivity index (χ3v) is 5.19. The number of carbonyl (C=O) groups is 2. The highest BCUT2D eigenvalue weighted by Crippen LogP contribution is 2.37. The summed E-state index contributed by atoms with van der Waals surface area (Å²) in [4.78, 5) is 38.4. The molecule has 0 unspecified atom stereocenters. The largest absolute Gasteiger partial charge is 0.339 e. The van der Waals surface area contributed by atoms with Crippen LogP contribution in [-0.2, 0) is 9.59 Å². The summed E-state index contributed by atoms with van der Waals surface area (Å²) < 4.78 is 0. The average molecular weight is 414 g/mol. The van der Waals surface area contributed by atoms with Crippen LogP contribution in [0.3, 0.4) is 0 Å². The van der Waals surface area contributed by atoms with Crippen LogP contribution < -0.4 is 0 Å². The maximum atomic E-state index is 12.6. The Balaban J connectivity index is 1.89. The van der Waals surface area contributed by atoms with Crippen LogP contribution in [-0.4, -0.2) is 52.7 Å². The van der Waals surface area contributed by atoms with Gasteiger partial charge in [0.05, 0.1) is 10.5 Å². The van der Waals surface area contributed by atoms with E-state index in [4.69, 9.17) is 11.6 Å². The van der Waals surface area contributed by atoms with Gasteiger partial charge in [0.25, 0.3) is 5.69 Å².